The van der Waals surface area contributed by atoms with Gasteiger partial charge in [0.15, 0.2) is 5.65 Å². The van der Waals surface area contributed by atoms with Gasteiger partial charge < -0.3 is 15.3 Å². The van der Waals surface area contributed by atoms with E-state index in [1.807, 2.05) is 4.90 Å². The number of hydrogen-bond acceptors (Lipinski definition) is 7. The monoisotopic (exact) mass is 513 g/mol. The maximum Gasteiger partial charge on any atom is 0.274 e. The van der Waals surface area contributed by atoms with Crippen LogP contribution in [0.15, 0.2) is 66.0 Å². The maximum atomic E-state index is 13.2. The zero-order chi connectivity index (χ0) is 26.3. The third kappa shape index (κ3) is 4.68. The average molecular weight is 514 g/mol. The van der Waals surface area contributed by atoms with E-state index >= 15 is 0 Å². The molecule has 2 fully saturated rings. The van der Waals surface area contributed by atoms with Crippen molar-refractivity contribution in [3.05, 3.63) is 77.2 Å². The van der Waals surface area contributed by atoms with Crippen molar-refractivity contribution in [2.75, 3.05) is 18.4 Å². The number of nitrogens with one attached hydrogen (secondary N) is 1. The summed E-state index contributed by atoms with van der Waals surface area (Å²) in [5, 5.41) is 18.6. The molecule has 0 unspecified atom stereocenters. The Kier molecular flexibility index (Phi) is 5.99. The number of nitrogens with zero attached hydrogens (tertiary/aromatic N) is 6. The Morgan fingerprint density at radius 2 is 1.82 bits per heavy atom. The Hall–Kier alpha value is -4.38. The largest absolute Gasteiger partial charge is 0.388 e. The summed E-state index contributed by atoms with van der Waals surface area (Å²) in [5.41, 5.74) is 0.613. The summed E-state index contributed by atoms with van der Waals surface area (Å²) >= 11 is 0. The molecule has 4 heterocycles. The fourth-order valence-electron chi connectivity index (χ4n) is 4.84. The van der Waals surface area contributed by atoms with Crippen LogP contribution in [0.2, 0.25) is 0 Å². The molecule has 2 amide bonds. The molecule has 194 valence electrons. The van der Waals surface area contributed by atoms with Crippen LogP contribution in [0, 0.1) is 5.92 Å². The number of aromatic nitrogens is 5. The lowest BCUT2D eigenvalue weighted by Crippen LogP contribution is -2.50. The minimum atomic E-state index is -1.08. The van der Waals surface area contributed by atoms with E-state index in [0.29, 0.717) is 54.0 Å². The van der Waals surface area contributed by atoms with Crippen LogP contribution < -0.4 is 10.9 Å². The van der Waals surface area contributed by atoms with E-state index in [1.165, 1.54) is 17.1 Å². The first-order chi connectivity index (χ1) is 18.4. The van der Waals surface area contributed by atoms with Crippen molar-refractivity contribution < 1.29 is 14.7 Å². The van der Waals surface area contributed by atoms with Crippen molar-refractivity contribution >= 4 is 28.5 Å². The molecule has 1 aliphatic carbocycles. The molecule has 1 saturated heterocycles. The molecule has 6 rings (SSSR count). The van der Waals surface area contributed by atoms with Gasteiger partial charge in [0.05, 0.1) is 24.0 Å². The van der Waals surface area contributed by atoms with Gasteiger partial charge in [-0.2, -0.15) is 5.10 Å². The lowest BCUT2D eigenvalue weighted by atomic mass is 9.91. The van der Waals surface area contributed by atoms with E-state index < -0.39 is 5.60 Å². The number of aliphatic hydroxyl groups is 1. The standard InChI is InChI=1S/C27H27N7O4/c35-24(22-3-1-2-12-28-22)31-19-6-8-20(9-7-19)34-23-21(15-30-34)26(37)33(17-29-23)16-27(38)10-13-32(14-11-27)25(36)18-4-5-18/h1-3,6-9,12,15,17-18,38H,4-5,10-11,13-14,16H2,(H,31,35). The fourth-order valence-corrected chi connectivity index (χ4v) is 4.84. The summed E-state index contributed by atoms with van der Waals surface area (Å²) in [6.45, 7) is 1.09. The van der Waals surface area contributed by atoms with Crippen LogP contribution in [0.4, 0.5) is 5.69 Å². The van der Waals surface area contributed by atoms with E-state index in [2.05, 4.69) is 20.4 Å². The minimum Gasteiger partial charge on any atom is -0.388 e. The second-order valence-corrected chi connectivity index (χ2v) is 10.0. The van der Waals surface area contributed by atoms with E-state index in [0.717, 1.165) is 12.8 Å². The van der Waals surface area contributed by atoms with Crippen molar-refractivity contribution in [3.63, 3.8) is 0 Å². The van der Waals surface area contributed by atoms with Crippen molar-refractivity contribution in [1.82, 2.24) is 29.2 Å². The molecule has 38 heavy (non-hydrogen) atoms. The highest BCUT2D eigenvalue weighted by Gasteiger charge is 2.39. The zero-order valence-corrected chi connectivity index (χ0v) is 20.7. The first-order valence-electron chi connectivity index (χ1n) is 12.7. The number of anilines is 1. The van der Waals surface area contributed by atoms with Crippen LogP contribution in [0.5, 0.6) is 0 Å². The lowest BCUT2D eigenvalue weighted by molar-refractivity contribution is -0.137. The quantitative estimate of drug-likeness (QED) is 0.403. The highest BCUT2D eigenvalue weighted by Crippen LogP contribution is 2.33. The molecule has 11 heteroatoms. The third-order valence-electron chi connectivity index (χ3n) is 7.22. The lowest BCUT2D eigenvalue weighted by Gasteiger charge is -2.38. The number of piperidine rings is 1. The fraction of sp³-hybridized carbons (Fsp3) is 0.333. The van der Waals surface area contributed by atoms with Gasteiger partial charge in [-0.25, -0.2) is 9.67 Å². The molecule has 1 aliphatic heterocycles. The Balaban J connectivity index is 1.16. The second kappa shape index (κ2) is 9.49. The van der Waals surface area contributed by atoms with Gasteiger partial charge in [-0.3, -0.25) is 23.9 Å². The number of likely N-dealkylation sites (tertiary alicyclic amines) is 1. The highest BCUT2D eigenvalue weighted by atomic mass is 16.3. The Bertz CT molecular complexity index is 1550. The molecule has 1 aromatic carbocycles. The van der Waals surface area contributed by atoms with Crippen LogP contribution in [0.1, 0.15) is 36.2 Å². The molecular weight excluding hydrogens is 486 g/mol. The molecule has 1 saturated carbocycles. The van der Waals surface area contributed by atoms with Gasteiger partial charge in [0.1, 0.15) is 17.4 Å². The topological polar surface area (TPSA) is 135 Å². The van der Waals surface area contributed by atoms with E-state index in [4.69, 9.17) is 0 Å². The molecule has 0 radical (unpaired) electrons. The van der Waals surface area contributed by atoms with Gasteiger partial charge in [-0.1, -0.05) is 6.07 Å². The van der Waals surface area contributed by atoms with Gasteiger partial charge in [-0.15, -0.1) is 0 Å². The number of carbonyl (C=O) groups excluding carboxylic acids is 2. The molecule has 4 aromatic rings. The van der Waals surface area contributed by atoms with Gasteiger partial charge in [0.2, 0.25) is 5.91 Å². The van der Waals surface area contributed by atoms with Crippen LogP contribution in [-0.4, -0.2) is 64.8 Å². The molecule has 0 atom stereocenters. The van der Waals surface area contributed by atoms with Crippen LogP contribution >= 0.6 is 0 Å². The number of pyridine rings is 1. The number of benzene rings is 1. The summed E-state index contributed by atoms with van der Waals surface area (Å²) in [6, 6.07) is 12.1. The molecule has 11 nitrogen and oxygen atoms in total. The summed E-state index contributed by atoms with van der Waals surface area (Å²) in [7, 11) is 0. The van der Waals surface area contributed by atoms with E-state index in [-0.39, 0.29) is 29.8 Å². The molecule has 0 bridgehead atoms. The number of rotatable bonds is 6. The van der Waals surface area contributed by atoms with Gasteiger partial charge in [0, 0.05) is 30.9 Å². The minimum absolute atomic E-state index is 0.107. The summed E-state index contributed by atoms with van der Waals surface area (Å²) in [5.74, 6) is 0.0313. The van der Waals surface area contributed by atoms with Crippen LogP contribution in [0.25, 0.3) is 16.7 Å². The predicted octanol–water partition coefficient (Wildman–Crippen LogP) is 1.99. The van der Waals surface area contributed by atoms with E-state index in [1.54, 1.807) is 53.3 Å². The van der Waals surface area contributed by atoms with Crippen LogP contribution in [-0.2, 0) is 11.3 Å². The first-order valence-corrected chi connectivity index (χ1v) is 12.7. The van der Waals surface area contributed by atoms with E-state index in [9.17, 15) is 19.5 Å². The SMILES string of the molecule is O=C(Nc1ccc(-n2ncc3c(=O)n(CC4(O)CCN(C(=O)C5CC5)CC4)cnc32)cc1)c1ccccn1. The number of fused-ring (bicyclic) bond motifs is 1. The van der Waals surface area contributed by atoms with Gasteiger partial charge in [-0.05, 0) is 62.1 Å². The number of hydrogen-bond donors (Lipinski definition) is 2. The van der Waals surface area contributed by atoms with Gasteiger partial charge >= 0.3 is 0 Å². The Morgan fingerprint density at radius 3 is 2.50 bits per heavy atom. The zero-order valence-electron chi connectivity index (χ0n) is 20.7. The smallest absolute Gasteiger partial charge is 0.274 e. The summed E-state index contributed by atoms with van der Waals surface area (Å²) in [4.78, 5) is 48.2. The Labute approximate surface area is 217 Å². The first kappa shape index (κ1) is 24.0. The molecule has 2 N–H and O–H groups in total. The van der Waals surface area contributed by atoms with Gasteiger partial charge in [0.25, 0.3) is 11.5 Å². The molecule has 3 aromatic heterocycles. The average Bonchev–Trinajstić information content (AvgIpc) is 3.70. The summed E-state index contributed by atoms with van der Waals surface area (Å²) in [6.07, 6.45) is 7.21. The van der Waals surface area contributed by atoms with Crippen molar-refractivity contribution in [1.29, 1.82) is 0 Å². The number of carbonyl (C=O) groups is 2. The highest BCUT2D eigenvalue weighted by molar-refractivity contribution is 6.02. The van der Waals surface area contributed by atoms with Crippen LogP contribution in [0.3, 0.4) is 0 Å². The maximum absolute atomic E-state index is 13.2. The molecule has 0 spiro atoms. The third-order valence-corrected chi connectivity index (χ3v) is 7.22. The normalized spacial score (nSPS) is 16.9. The Morgan fingerprint density at radius 1 is 1.05 bits per heavy atom. The second-order valence-electron chi connectivity index (χ2n) is 10.0. The van der Waals surface area contributed by atoms with Crippen molar-refractivity contribution in [3.8, 4) is 5.69 Å². The van der Waals surface area contributed by atoms with Crippen molar-refractivity contribution in [2.45, 2.75) is 37.8 Å². The molecule has 2 aliphatic rings. The number of amides is 2. The summed E-state index contributed by atoms with van der Waals surface area (Å²) < 4.78 is 2.98. The predicted molar refractivity (Wildman–Crippen MR) is 139 cm³/mol. The van der Waals surface area contributed by atoms with Crippen molar-refractivity contribution in [2.24, 2.45) is 5.92 Å². The molecular formula is C27H27N7O4.